The molecular weight excluding hydrogens is 216 g/mol. The van der Waals surface area contributed by atoms with E-state index in [0.29, 0.717) is 11.1 Å². The fourth-order valence-electron chi connectivity index (χ4n) is 2.07. The lowest BCUT2D eigenvalue weighted by molar-refractivity contribution is -0.124. The van der Waals surface area contributed by atoms with Gasteiger partial charge in [0, 0.05) is 17.2 Å². The first kappa shape index (κ1) is 13.6. The number of amides is 2. The van der Waals surface area contributed by atoms with Gasteiger partial charge in [-0.05, 0) is 34.4 Å². The van der Waals surface area contributed by atoms with Crippen LogP contribution in [-0.4, -0.2) is 36.9 Å². The van der Waals surface area contributed by atoms with Crippen LogP contribution in [-0.2, 0) is 9.59 Å². The number of hydrogen-bond donors (Lipinski definition) is 1. The Hall–Kier alpha value is -1.42. The first-order chi connectivity index (χ1) is 7.88. The van der Waals surface area contributed by atoms with Gasteiger partial charge in [0.05, 0.1) is 0 Å². The molecule has 0 aromatic heterocycles. The first-order valence-electron chi connectivity index (χ1n) is 5.79. The predicted molar refractivity (Wildman–Crippen MR) is 67.4 cm³/mol. The van der Waals surface area contributed by atoms with Gasteiger partial charge in [-0.25, -0.2) is 0 Å². The maximum absolute atomic E-state index is 11.8. The molecule has 1 rings (SSSR count). The van der Waals surface area contributed by atoms with Gasteiger partial charge >= 0.3 is 0 Å². The van der Waals surface area contributed by atoms with Crippen molar-refractivity contribution in [1.82, 2.24) is 10.2 Å². The van der Waals surface area contributed by atoms with E-state index in [4.69, 9.17) is 0 Å². The minimum absolute atomic E-state index is 0.0213. The standard InChI is InChI=1S/C13H20N2O2/c1-6-10(15(4)5)11-9(7-8(2)3)12(16)14-13(11)17/h7,10H,6H2,1-5H3,(H,14,16,17). The molecule has 4 nitrogen and oxygen atoms in total. The molecule has 94 valence electrons. The second kappa shape index (κ2) is 5.27. The van der Waals surface area contributed by atoms with Gasteiger partial charge in [0.25, 0.3) is 11.8 Å². The van der Waals surface area contributed by atoms with E-state index in [2.05, 4.69) is 5.32 Å². The zero-order valence-corrected chi connectivity index (χ0v) is 11.1. The highest BCUT2D eigenvalue weighted by Gasteiger charge is 2.34. The van der Waals surface area contributed by atoms with E-state index in [-0.39, 0.29) is 17.9 Å². The molecule has 0 aliphatic carbocycles. The molecule has 0 saturated carbocycles. The Bertz CT molecular complexity index is 402. The molecule has 0 radical (unpaired) electrons. The Kier molecular flexibility index (Phi) is 4.23. The zero-order chi connectivity index (χ0) is 13.2. The van der Waals surface area contributed by atoms with Crippen molar-refractivity contribution >= 4 is 11.8 Å². The summed E-state index contributed by atoms with van der Waals surface area (Å²) in [5.74, 6) is -0.547. The minimum atomic E-state index is -0.286. The van der Waals surface area contributed by atoms with Gasteiger partial charge < -0.3 is 4.90 Å². The number of allylic oxidation sites excluding steroid dienone is 1. The lowest BCUT2D eigenvalue weighted by atomic mass is 9.98. The molecule has 1 unspecified atom stereocenters. The van der Waals surface area contributed by atoms with Gasteiger partial charge in [0.2, 0.25) is 0 Å². The minimum Gasteiger partial charge on any atom is -0.302 e. The second-order valence-electron chi connectivity index (χ2n) is 4.72. The van der Waals surface area contributed by atoms with E-state index in [1.807, 2.05) is 39.8 Å². The third-order valence-electron chi connectivity index (χ3n) is 2.78. The summed E-state index contributed by atoms with van der Waals surface area (Å²) in [5, 5.41) is 2.37. The normalized spacial score (nSPS) is 17.5. The molecule has 0 saturated heterocycles. The molecule has 1 heterocycles. The first-order valence-corrected chi connectivity index (χ1v) is 5.79. The Labute approximate surface area is 102 Å². The molecule has 0 fully saturated rings. The van der Waals surface area contributed by atoms with Gasteiger partial charge in [-0.2, -0.15) is 0 Å². The van der Waals surface area contributed by atoms with Crippen LogP contribution in [0.3, 0.4) is 0 Å². The largest absolute Gasteiger partial charge is 0.302 e. The Morgan fingerprint density at radius 2 is 1.88 bits per heavy atom. The average Bonchev–Trinajstić information content (AvgIpc) is 2.45. The molecule has 1 aliphatic heterocycles. The highest BCUT2D eigenvalue weighted by atomic mass is 16.2. The summed E-state index contributed by atoms with van der Waals surface area (Å²) >= 11 is 0. The van der Waals surface area contributed by atoms with Crippen molar-refractivity contribution in [1.29, 1.82) is 0 Å². The van der Waals surface area contributed by atoms with Crippen LogP contribution < -0.4 is 5.32 Å². The number of nitrogens with zero attached hydrogens (tertiary/aromatic N) is 1. The summed E-state index contributed by atoms with van der Waals surface area (Å²) in [5.41, 5.74) is 2.11. The summed E-state index contributed by atoms with van der Waals surface area (Å²) in [4.78, 5) is 25.5. The second-order valence-corrected chi connectivity index (χ2v) is 4.72. The van der Waals surface area contributed by atoms with Crippen molar-refractivity contribution in [2.45, 2.75) is 33.2 Å². The zero-order valence-electron chi connectivity index (χ0n) is 11.1. The number of carbonyl (C=O) groups is 2. The van der Waals surface area contributed by atoms with Crippen LogP contribution in [0.4, 0.5) is 0 Å². The molecular formula is C13H20N2O2. The Morgan fingerprint density at radius 3 is 2.29 bits per heavy atom. The smallest absolute Gasteiger partial charge is 0.258 e. The van der Waals surface area contributed by atoms with Crippen LogP contribution in [0, 0.1) is 0 Å². The van der Waals surface area contributed by atoms with Crippen LogP contribution in [0.1, 0.15) is 27.2 Å². The van der Waals surface area contributed by atoms with Crippen LogP contribution in [0.2, 0.25) is 0 Å². The van der Waals surface area contributed by atoms with Crippen LogP contribution in [0.25, 0.3) is 0 Å². The van der Waals surface area contributed by atoms with Gasteiger partial charge in [-0.1, -0.05) is 18.6 Å². The van der Waals surface area contributed by atoms with Gasteiger partial charge in [-0.3, -0.25) is 14.9 Å². The predicted octanol–water partition coefficient (Wildman–Crippen LogP) is 1.25. The summed E-state index contributed by atoms with van der Waals surface area (Å²) in [6, 6.07) is -0.0213. The lowest BCUT2D eigenvalue weighted by Gasteiger charge is -2.23. The van der Waals surface area contributed by atoms with Crippen molar-refractivity contribution in [2.75, 3.05) is 14.1 Å². The highest BCUT2D eigenvalue weighted by molar-refractivity contribution is 6.21. The number of hydrogen-bond acceptors (Lipinski definition) is 3. The van der Waals surface area contributed by atoms with E-state index in [1.165, 1.54) is 0 Å². The molecule has 0 aromatic carbocycles. The summed E-state index contributed by atoms with van der Waals surface area (Å²) < 4.78 is 0. The SMILES string of the molecule is CCC(C1=C(C=C(C)C)C(=O)NC1=O)N(C)C. The fourth-order valence-corrected chi connectivity index (χ4v) is 2.07. The molecule has 0 aromatic rings. The summed E-state index contributed by atoms with van der Waals surface area (Å²) in [6.45, 7) is 5.84. The molecule has 2 amide bonds. The van der Waals surface area contributed by atoms with Gasteiger partial charge in [0.1, 0.15) is 0 Å². The van der Waals surface area contributed by atoms with Crippen LogP contribution in [0.5, 0.6) is 0 Å². The van der Waals surface area contributed by atoms with Crippen molar-refractivity contribution < 1.29 is 9.59 Å². The van der Waals surface area contributed by atoms with E-state index in [1.54, 1.807) is 6.08 Å². The number of rotatable bonds is 4. The van der Waals surface area contributed by atoms with E-state index >= 15 is 0 Å². The van der Waals surface area contributed by atoms with Crippen molar-refractivity contribution in [3.05, 3.63) is 22.8 Å². The number of carbonyl (C=O) groups excluding carboxylic acids is 2. The maximum Gasteiger partial charge on any atom is 0.258 e. The molecule has 1 atom stereocenters. The molecule has 17 heavy (non-hydrogen) atoms. The Balaban J connectivity index is 3.29. The maximum atomic E-state index is 11.8. The lowest BCUT2D eigenvalue weighted by Crippen LogP contribution is -2.34. The van der Waals surface area contributed by atoms with Gasteiger partial charge in [0.15, 0.2) is 0 Å². The van der Waals surface area contributed by atoms with Crippen molar-refractivity contribution in [3.63, 3.8) is 0 Å². The summed E-state index contributed by atoms with van der Waals surface area (Å²) in [7, 11) is 3.83. The van der Waals surface area contributed by atoms with Crippen molar-refractivity contribution in [2.24, 2.45) is 0 Å². The average molecular weight is 236 g/mol. The van der Waals surface area contributed by atoms with Crippen LogP contribution >= 0.6 is 0 Å². The molecule has 0 spiro atoms. The third-order valence-corrected chi connectivity index (χ3v) is 2.78. The third kappa shape index (κ3) is 2.82. The topological polar surface area (TPSA) is 49.4 Å². The van der Waals surface area contributed by atoms with Gasteiger partial charge in [-0.15, -0.1) is 0 Å². The molecule has 4 heteroatoms. The van der Waals surface area contributed by atoms with E-state index < -0.39 is 0 Å². The molecule has 1 N–H and O–H groups in total. The fraction of sp³-hybridized carbons (Fsp3) is 0.538. The molecule has 0 bridgehead atoms. The van der Waals surface area contributed by atoms with E-state index in [0.717, 1.165) is 12.0 Å². The number of nitrogens with one attached hydrogen (secondary N) is 1. The molecule has 1 aliphatic rings. The highest BCUT2D eigenvalue weighted by Crippen LogP contribution is 2.23. The number of likely N-dealkylation sites (N-methyl/N-ethyl adjacent to an activating group) is 1. The number of imide groups is 1. The quantitative estimate of drug-likeness (QED) is 0.747. The monoisotopic (exact) mass is 236 g/mol. The summed E-state index contributed by atoms with van der Waals surface area (Å²) in [6.07, 6.45) is 2.57. The van der Waals surface area contributed by atoms with Crippen LogP contribution in [0.15, 0.2) is 22.8 Å². The Morgan fingerprint density at radius 1 is 1.29 bits per heavy atom. The van der Waals surface area contributed by atoms with E-state index in [9.17, 15) is 9.59 Å². The van der Waals surface area contributed by atoms with Crippen molar-refractivity contribution in [3.8, 4) is 0 Å².